The lowest BCUT2D eigenvalue weighted by Gasteiger charge is -2.38. The Kier molecular flexibility index (Phi) is 5.17. The third-order valence-corrected chi connectivity index (χ3v) is 5.59. The van der Waals surface area contributed by atoms with Crippen molar-refractivity contribution in [3.63, 3.8) is 0 Å². The molecule has 3 fully saturated rings. The lowest BCUT2D eigenvalue weighted by atomic mass is 9.91. The molecule has 0 spiro atoms. The summed E-state index contributed by atoms with van der Waals surface area (Å²) in [4.78, 5) is 33.4. The SMILES string of the molecule is O=C(C1CCOC1)N1CC[C@H]2C(=O)N(Cc3ccncc3)CCO[C@H]2C1. The highest BCUT2D eigenvalue weighted by atomic mass is 16.5. The molecule has 1 aromatic rings. The predicted molar refractivity (Wildman–Crippen MR) is 93.0 cm³/mol. The number of nitrogens with zero attached hydrogens (tertiary/aromatic N) is 3. The zero-order valence-electron chi connectivity index (χ0n) is 14.9. The van der Waals surface area contributed by atoms with Crippen molar-refractivity contribution in [3.8, 4) is 0 Å². The number of hydrogen-bond acceptors (Lipinski definition) is 5. The molecule has 26 heavy (non-hydrogen) atoms. The molecule has 140 valence electrons. The maximum Gasteiger partial charge on any atom is 0.228 e. The standard InChI is InChI=1S/C19H25N3O4/c23-18(15-4-9-25-13-15)21-7-3-16-17(12-21)26-10-8-22(19(16)24)11-14-1-5-20-6-2-14/h1-2,5-6,15-17H,3-4,7-13H2/t15?,16-,17+/m1/s1. The zero-order chi connectivity index (χ0) is 17.9. The molecule has 4 rings (SSSR count). The van der Waals surface area contributed by atoms with E-state index in [-0.39, 0.29) is 29.8 Å². The van der Waals surface area contributed by atoms with E-state index in [2.05, 4.69) is 4.98 Å². The minimum atomic E-state index is -0.204. The van der Waals surface area contributed by atoms with Gasteiger partial charge in [0.2, 0.25) is 11.8 Å². The summed E-state index contributed by atoms with van der Waals surface area (Å²) in [6.45, 7) is 3.98. The van der Waals surface area contributed by atoms with E-state index in [0.29, 0.717) is 52.4 Å². The monoisotopic (exact) mass is 359 g/mol. The van der Waals surface area contributed by atoms with Gasteiger partial charge in [0.25, 0.3) is 0 Å². The molecule has 0 bridgehead atoms. The van der Waals surface area contributed by atoms with Crippen LogP contribution in [0.25, 0.3) is 0 Å². The number of carbonyl (C=O) groups excluding carboxylic acids is 2. The number of aromatic nitrogens is 1. The van der Waals surface area contributed by atoms with Crippen molar-refractivity contribution in [2.24, 2.45) is 11.8 Å². The third kappa shape index (κ3) is 3.59. The summed E-state index contributed by atoms with van der Waals surface area (Å²) in [6, 6.07) is 3.86. The molecule has 7 nitrogen and oxygen atoms in total. The molecule has 3 saturated heterocycles. The number of ether oxygens (including phenoxy) is 2. The fraction of sp³-hybridized carbons (Fsp3) is 0.632. The van der Waals surface area contributed by atoms with E-state index < -0.39 is 0 Å². The Balaban J connectivity index is 1.40. The van der Waals surface area contributed by atoms with Gasteiger partial charge in [-0.05, 0) is 30.5 Å². The number of carbonyl (C=O) groups is 2. The van der Waals surface area contributed by atoms with Crippen molar-refractivity contribution >= 4 is 11.8 Å². The third-order valence-electron chi connectivity index (χ3n) is 5.59. The van der Waals surface area contributed by atoms with Gasteiger partial charge in [0.05, 0.1) is 31.2 Å². The molecule has 0 N–H and O–H groups in total. The fourth-order valence-corrected chi connectivity index (χ4v) is 4.08. The van der Waals surface area contributed by atoms with Crippen LogP contribution in [0.2, 0.25) is 0 Å². The quantitative estimate of drug-likeness (QED) is 0.794. The zero-order valence-corrected chi connectivity index (χ0v) is 14.9. The lowest BCUT2D eigenvalue weighted by molar-refractivity contribution is -0.147. The minimum absolute atomic E-state index is 0.0313. The van der Waals surface area contributed by atoms with Gasteiger partial charge in [0, 0.05) is 45.2 Å². The van der Waals surface area contributed by atoms with Crippen LogP contribution in [0.5, 0.6) is 0 Å². The molecule has 1 unspecified atom stereocenters. The number of pyridine rings is 1. The van der Waals surface area contributed by atoms with E-state index >= 15 is 0 Å². The van der Waals surface area contributed by atoms with Crippen molar-refractivity contribution in [3.05, 3.63) is 30.1 Å². The Morgan fingerprint density at radius 1 is 1.19 bits per heavy atom. The first-order chi connectivity index (χ1) is 12.7. The molecule has 4 heterocycles. The first kappa shape index (κ1) is 17.4. The van der Waals surface area contributed by atoms with E-state index in [1.807, 2.05) is 21.9 Å². The summed E-state index contributed by atoms with van der Waals surface area (Å²) in [6.07, 6.45) is 4.74. The molecule has 0 aromatic carbocycles. The van der Waals surface area contributed by atoms with Crippen LogP contribution in [0.15, 0.2) is 24.5 Å². The lowest BCUT2D eigenvalue weighted by Crippen LogP contribution is -2.52. The van der Waals surface area contributed by atoms with E-state index in [4.69, 9.17) is 9.47 Å². The van der Waals surface area contributed by atoms with Crippen molar-refractivity contribution in [2.45, 2.75) is 25.5 Å². The summed E-state index contributed by atoms with van der Waals surface area (Å²) in [7, 11) is 0. The van der Waals surface area contributed by atoms with Crippen molar-refractivity contribution in [1.29, 1.82) is 0 Å². The Hall–Kier alpha value is -1.99. The number of piperidine rings is 1. The Labute approximate surface area is 153 Å². The molecular formula is C19H25N3O4. The van der Waals surface area contributed by atoms with Gasteiger partial charge in [0.15, 0.2) is 0 Å². The molecule has 2 amide bonds. The average molecular weight is 359 g/mol. The minimum Gasteiger partial charge on any atom is -0.381 e. The number of amides is 2. The molecule has 3 atom stereocenters. The summed E-state index contributed by atoms with van der Waals surface area (Å²) in [5, 5.41) is 0. The van der Waals surface area contributed by atoms with Crippen molar-refractivity contribution in [2.75, 3.05) is 39.5 Å². The summed E-state index contributed by atoms with van der Waals surface area (Å²) in [5.41, 5.74) is 1.07. The van der Waals surface area contributed by atoms with Gasteiger partial charge in [-0.1, -0.05) is 0 Å². The van der Waals surface area contributed by atoms with Crippen LogP contribution in [-0.4, -0.2) is 72.2 Å². The largest absolute Gasteiger partial charge is 0.381 e. The Bertz CT molecular complexity index is 647. The smallest absolute Gasteiger partial charge is 0.228 e. The Morgan fingerprint density at radius 3 is 2.81 bits per heavy atom. The van der Waals surface area contributed by atoms with E-state index in [1.165, 1.54) is 0 Å². The van der Waals surface area contributed by atoms with E-state index in [0.717, 1.165) is 12.0 Å². The molecular weight excluding hydrogens is 334 g/mol. The number of likely N-dealkylation sites (tertiary alicyclic amines) is 1. The van der Waals surface area contributed by atoms with Crippen molar-refractivity contribution in [1.82, 2.24) is 14.8 Å². The second-order valence-electron chi connectivity index (χ2n) is 7.26. The first-order valence-electron chi connectivity index (χ1n) is 9.38. The molecule has 7 heteroatoms. The van der Waals surface area contributed by atoms with Crippen LogP contribution in [0.1, 0.15) is 18.4 Å². The topological polar surface area (TPSA) is 72.0 Å². The second-order valence-corrected chi connectivity index (χ2v) is 7.26. The van der Waals surface area contributed by atoms with Gasteiger partial charge in [-0.15, -0.1) is 0 Å². The summed E-state index contributed by atoms with van der Waals surface area (Å²) < 4.78 is 11.3. The summed E-state index contributed by atoms with van der Waals surface area (Å²) in [5.74, 6) is 0.0925. The van der Waals surface area contributed by atoms with E-state index in [1.54, 1.807) is 12.4 Å². The molecule has 0 saturated carbocycles. The van der Waals surface area contributed by atoms with Gasteiger partial charge in [-0.3, -0.25) is 14.6 Å². The second kappa shape index (κ2) is 7.72. The highest BCUT2D eigenvalue weighted by molar-refractivity contribution is 5.82. The molecule has 0 aliphatic carbocycles. The Morgan fingerprint density at radius 2 is 2.04 bits per heavy atom. The van der Waals surface area contributed by atoms with Crippen LogP contribution in [-0.2, 0) is 25.6 Å². The van der Waals surface area contributed by atoms with E-state index in [9.17, 15) is 9.59 Å². The number of hydrogen-bond donors (Lipinski definition) is 0. The van der Waals surface area contributed by atoms with Crippen LogP contribution >= 0.6 is 0 Å². The van der Waals surface area contributed by atoms with Gasteiger partial charge in [-0.25, -0.2) is 0 Å². The fourth-order valence-electron chi connectivity index (χ4n) is 4.08. The van der Waals surface area contributed by atoms with Crippen LogP contribution in [0.3, 0.4) is 0 Å². The van der Waals surface area contributed by atoms with Crippen molar-refractivity contribution < 1.29 is 19.1 Å². The molecule has 0 radical (unpaired) electrons. The summed E-state index contributed by atoms with van der Waals surface area (Å²) >= 11 is 0. The van der Waals surface area contributed by atoms with Gasteiger partial charge >= 0.3 is 0 Å². The molecule has 3 aliphatic heterocycles. The predicted octanol–water partition coefficient (Wildman–Crippen LogP) is 0.694. The maximum absolute atomic E-state index is 13.0. The van der Waals surface area contributed by atoms with Gasteiger partial charge in [-0.2, -0.15) is 0 Å². The number of fused-ring (bicyclic) bond motifs is 1. The number of rotatable bonds is 3. The van der Waals surface area contributed by atoms with Crippen LogP contribution < -0.4 is 0 Å². The van der Waals surface area contributed by atoms with Gasteiger partial charge in [0.1, 0.15) is 0 Å². The normalized spacial score (nSPS) is 29.4. The highest BCUT2D eigenvalue weighted by Crippen LogP contribution is 2.28. The first-order valence-corrected chi connectivity index (χ1v) is 9.38. The average Bonchev–Trinajstić information content (AvgIpc) is 3.17. The van der Waals surface area contributed by atoms with Crippen LogP contribution in [0, 0.1) is 11.8 Å². The van der Waals surface area contributed by atoms with Gasteiger partial charge < -0.3 is 19.3 Å². The molecule has 3 aliphatic rings. The maximum atomic E-state index is 13.0. The molecule has 1 aromatic heterocycles. The van der Waals surface area contributed by atoms with Crippen LogP contribution in [0.4, 0.5) is 0 Å². The highest BCUT2D eigenvalue weighted by Gasteiger charge is 2.41.